The second kappa shape index (κ2) is 7.75. The number of hydrogen-bond donors (Lipinski definition) is 1. The van der Waals surface area contributed by atoms with E-state index in [2.05, 4.69) is 19.2 Å². The molecule has 112 valence electrons. The highest BCUT2D eigenvalue weighted by atomic mass is 35.5. The first-order valence-electron chi connectivity index (χ1n) is 6.60. The van der Waals surface area contributed by atoms with Gasteiger partial charge in [-0.25, -0.2) is 0 Å². The molecular weight excluding hydrogens is 297 g/mol. The van der Waals surface area contributed by atoms with Crippen molar-refractivity contribution in [2.24, 2.45) is 5.41 Å². The number of halogens is 2. The zero-order valence-electron chi connectivity index (χ0n) is 12.1. The molecule has 1 aromatic rings. The van der Waals surface area contributed by atoms with Crippen molar-refractivity contribution in [1.29, 1.82) is 0 Å². The first-order chi connectivity index (χ1) is 9.34. The molecule has 1 rings (SSSR count). The van der Waals surface area contributed by atoms with E-state index in [9.17, 15) is 4.79 Å². The molecular formula is C15H21Cl2NO2. The van der Waals surface area contributed by atoms with Crippen molar-refractivity contribution in [2.75, 3.05) is 12.4 Å². The summed E-state index contributed by atoms with van der Waals surface area (Å²) in [7, 11) is 0. The van der Waals surface area contributed by atoms with Gasteiger partial charge in [0, 0.05) is 17.4 Å². The maximum atomic E-state index is 12.0. The van der Waals surface area contributed by atoms with Crippen LogP contribution in [0.3, 0.4) is 0 Å². The van der Waals surface area contributed by atoms with E-state index < -0.39 is 6.10 Å². The zero-order valence-corrected chi connectivity index (χ0v) is 13.6. The van der Waals surface area contributed by atoms with Crippen molar-refractivity contribution >= 4 is 29.1 Å². The van der Waals surface area contributed by atoms with Crippen molar-refractivity contribution < 1.29 is 9.53 Å². The number of rotatable bonds is 7. The Hall–Kier alpha value is -0.930. The first kappa shape index (κ1) is 17.1. The maximum absolute atomic E-state index is 12.0. The molecule has 0 aliphatic heterocycles. The minimum absolute atomic E-state index is 0.0206. The lowest BCUT2D eigenvalue weighted by atomic mass is 9.90. The van der Waals surface area contributed by atoms with Gasteiger partial charge in [-0.2, -0.15) is 0 Å². The van der Waals surface area contributed by atoms with E-state index in [-0.39, 0.29) is 11.3 Å². The number of alkyl halides is 1. The van der Waals surface area contributed by atoms with Crippen molar-refractivity contribution in [2.45, 2.75) is 33.3 Å². The minimum Gasteiger partial charge on any atom is -0.481 e. The van der Waals surface area contributed by atoms with Gasteiger partial charge in [-0.1, -0.05) is 31.5 Å². The highest BCUT2D eigenvalue weighted by Gasteiger charge is 2.21. The molecule has 20 heavy (non-hydrogen) atoms. The fraction of sp³-hybridized carbons (Fsp3) is 0.533. The van der Waals surface area contributed by atoms with Crippen LogP contribution in [0.4, 0.5) is 0 Å². The summed E-state index contributed by atoms with van der Waals surface area (Å²) in [5.41, 5.74) is -0.0206. The van der Waals surface area contributed by atoms with Crippen LogP contribution in [0.5, 0.6) is 5.75 Å². The molecule has 5 heteroatoms. The molecule has 0 bridgehead atoms. The van der Waals surface area contributed by atoms with Crippen LogP contribution in [0.15, 0.2) is 24.3 Å². The van der Waals surface area contributed by atoms with Crippen LogP contribution in [0.25, 0.3) is 0 Å². The van der Waals surface area contributed by atoms with Crippen LogP contribution < -0.4 is 10.1 Å². The second-order valence-corrected chi connectivity index (χ2v) is 6.35. The lowest BCUT2D eigenvalue weighted by Gasteiger charge is -2.25. The smallest absolute Gasteiger partial charge is 0.260 e. The summed E-state index contributed by atoms with van der Waals surface area (Å²) in [6, 6.07) is 7.00. The highest BCUT2D eigenvalue weighted by Crippen LogP contribution is 2.20. The largest absolute Gasteiger partial charge is 0.481 e. The predicted molar refractivity (Wildman–Crippen MR) is 83.7 cm³/mol. The zero-order chi connectivity index (χ0) is 15.2. The molecule has 3 nitrogen and oxygen atoms in total. The number of benzene rings is 1. The average Bonchev–Trinajstić information content (AvgIpc) is 2.36. The Morgan fingerprint density at radius 2 is 2.15 bits per heavy atom. The van der Waals surface area contributed by atoms with Gasteiger partial charge in [-0.3, -0.25) is 4.79 Å². The maximum Gasteiger partial charge on any atom is 0.260 e. The summed E-state index contributed by atoms with van der Waals surface area (Å²) in [4.78, 5) is 12.0. The van der Waals surface area contributed by atoms with E-state index >= 15 is 0 Å². The molecule has 0 spiro atoms. The molecule has 0 radical (unpaired) electrons. The molecule has 1 aromatic carbocycles. The van der Waals surface area contributed by atoms with Crippen molar-refractivity contribution in [3.8, 4) is 5.75 Å². The summed E-state index contributed by atoms with van der Waals surface area (Å²) in [6.07, 6.45) is 0.276. The van der Waals surface area contributed by atoms with Crippen molar-refractivity contribution in [3.05, 3.63) is 29.3 Å². The lowest BCUT2D eigenvalue weighted by Crippen LogP contribution is -2.41. The molecule has 1 N–H and O–H groups in total. The van der Waals surface area contributed by atoms with Crippen molar-refractivity contribution in [1.82, 2.24) is 5.32 Å². The van der Waals surface area contributed by atoms with E-state index in [1.807, 2.05) is 0 Å². The van der Waals surface area contributed by atoms with Gasteiger partial charge < -0.3 is 10.1 Å². The molecule has 0 aliphatic rings. The fourth-order valence-corrected chi connectivity index (χ4v) is 2.30. The van der Waals surface area contributed by atoms with Crippen LogP contribution in [-0.2, 0) is 4.79 Å². The van der Waals surface area contributed by atoms with E-state index in [1.165, 1.54) is 0 Å². The Morgan fingerprint density at radius 1 is 1.45 bits per heavy atom. The van der Waals surface area contributed by atoms with Gasteiger partial charge in [-0.05, 0) is 37.0 Å². The number of amides is 1. The summed E-state index contributed by atoms with van der Waals surface area (Å²) in [6.45, 7) is 6.42. The second-order valence-electron chi connectivity index (χ2n) is 5.54. The lowest BCUT2D eigenvalue weighted by molar-refractivity contribution is -0.127. The molecule has 0 aromatic heterocycles. The van der Waals surface area contributed by atoms with Gasteiger partial charge in [0.1, 0.15) is 5.75 Å². The van der Waals surface area contributed by atoms with E-state index in [0.717, 1.165) is 6.42 Å². The fourth-order valence-electron chi connectivity index (χ4n) is 1.61. The number of ether oxygens (including phenoxy) is 1. The SMILES string of the molecule is CC(Oc1cccc(Cl)c1)C(=O)NCC(C)(C)CCCl. The topological polar surface area (TPSA) is 38.3 Å². The van der Waals surface area contributed by atoms with Crippen LogP contribution in [-0.4, -0.2) is 24.4 Å². The minimum atomic E-state index is -0.569. The average molecular weight is 318 g/mol. The Morgan fingerprint density at radius 3 is 2.75 bits per heavy atom. The standard InChI is InChI=1S/C15H21Cl2NO2/c1-11(20-13-6-4-5-12(17)9-13)14(19)18-10-15(2,3)7-8-16/h4-6,9,11H,7-8,10H2,1-3H3,(H,18,19). The normalized spacial score (nSPS) is 12.8. The molecule has 0 fully saturated rings. The summed E-state index contributed by atoms with van der Waals surface area (Å²) in [5, 5.41) is 3.47. The Labute approximate surface area is 130 Å². The number of carbonyl (C=O) groups is 1. The molecule has 1 amide bonds. The van der Waals surface area contributed by atoms with E-state index in [0.29, 0.717) is 23.2 Å². The van der Waals surface area contributed by atoms with E-state index in [4.69, 9.17) is 27.9 Å². The predicted octanol–water partition coefficient (Wildman–Crippen LogP) is 3.88. The number of carbonyl (C=O) groups excluding carboxylic acids is 1. The monoisotopic (exact) mass is 317 g/mol. The third-order valence-electron chi connectivity index (χ3n) is 2.99. The molecule has 0 saturated heterocycles. The van der Waals surface area contributed by atoms with Crippen LogP contribution >= 0.6 is 23.2 Å². The van der Waals surface area contributed by atoms with Gasteiger partial charge in [-0.15, -0.1) is 11.6 Å². The van der Waals surface area contributed by atoms with Crippen LogP contribution in [0.2, 0.25) is 5.02 Å². The Kier molecular flexibility index (Phi) is 6.63. The molecule has 1 atom stereocenters. The quantitative estimate of drug-likeness (QED) is 0.775. The number of nitrogens with one attached hydrogen (secondary N) is 1. The molecule has 0 heterocycles. The summed E-state index contributed by atoms with van der Waals surface area (Å²) >= 11 is 11.6. The van der Waals surface area contributed by atoms with Gasteiger partial charge in [0.05, 0.1) is 0 Å². The van der Waals surface area contributed by atoms with Crippen LogP contribution in [0, 0.1) is 5.41 Å². The molecule has 0 aliphatic carbocycles. The summed E-state index contributed by atoms with van der Waals surface area (Å²) in [5.74, 6) is 1.02. The first-order valence-corrected chi connectivity index (χ1v) is 7.51. The van der Waals surface area contributed by atoms with Gasteiger partial charge >= 0.3 is 0 Å². The Bertz CT molecular complexity index is 449. The van der Waals surface area contributed by atoms with Gasteiger partial charge in [0.2, 0.25) is 0 Å². The summed E-state index contributed by atoms with van der Waals surface area (Å²) < 4.78 is 5.56. The Balaban J connectivity index is 2.47. The number of hydrogen-bond acceptors (Lipinski definition) is 2. The molecule has 1 unspecified atom stereocenters. The third-order valence-corrected chi connectivity index (χ3v) is 3.41. The van der Waals surface area contributed by atoms with Crippen molar-refractivity contribution in [3.63, 3.8) is 0 Å². The van der Waals surface area contributed by atoms with Gasteiger partial charge in [0.25, 0.3) is 5.91 Å². The van der Waals surface area contributed by atoms with Crippen LogP contribution in [0.1, 0.15) is 27.2 Å². The van der Waals surface area contributed by atoms with Gasteiger partial charge in [0.15, 0.2) is 6.10 Å². The highest BCUT2D eigenvalue weighted by molar-refractivity contribution is 6.30. The third kappa shape index (κ3) is 6.02. The van der Waals surface area contributed by atoms with E-state index in [1.54, 1.807) is 31.2 Å². The molecule has 0 saturated carbocycles.